The molecule has 0 aliphatic carbocycles. The molecule has 4 rings (SSSR count). The molecule has 0 radical (unpaired) electrons. The van der Waals surface area contributed by atoms with E-state index < -0.39 is 5.91 Å². The molecule has 3 aromatic carbocycles. The van der Waals surface area contributed by atoms with E-state index in [0.717, 1.165) is 27.6 Å². The van der Waals surface area contributed by atoms with Crippen LogP contribution in [0.3, 0.4) is 0 Å². The Morgan fingerprint density at radius 2 is 1.74 bits per heavy atom. The molecule has 1 aromatic heterocycles. The number of halogens is 1. The van der Waals surface area contributed by atoms with Gasteiger partial charge in [-0.05, 0) is 64.7 Å². The van der Waals surface area contributed by atoms with Crippen LogP contribution >= 0.6 is 0 Å². The topological polar surface area (TPSA) is 51.1 Å². The number of terminal acetylenes is 1. The van der Waals surface area contributed by atoms with E-state index in [1.54, 1.807) is 42.1 Å². The summed E-state index contributed by atoms with van der Waals surface area (Å²) in [4.78, 5) is 24.3. The third-order valence-corrected chi connectivity index (χ3v) is 5.19. The lowest BCUT2D eigenvalue weighted by Gasteiger charge is -2.16. The van der Waals surface area contributed by atoms with Gasteiger partial charge in [0.05, 0.1) is 0 Å². The number of aromatic nitrogens is 1. The molecule has 0 spiro atoms. The number of fused-ring (bicyclic) bond motifs is 1. The fourth-order valence-corrected chi connectivity index (χ4v) is 3.68. The van der Waals surface area contributed by atoms with Gasteiger partial charge in [0.25, 0.3) is 11.5 Å². The van der Waals surface area contributed by atoms with Crippen LogP contribution in [0.2, 0.25) is 0 Å². The zero-order chi connectivity index (χ0) is 22.0. The minimum Gasteiger partial charge on any atom is -0.317 e. The van der Waals surface area contributed by atoms with Crippen molar-refractivity contribution in [2.75, 3.05) is 5.32 Å². The molecule has 0 fully saturated rings. The summed E-state index contributed by atoms with van der Waals surface area (Å²) in [5.41, 5.74) is 4.08. The van der Waals surface area contributed by atoms with E-state index in [2.05, 4.69) is 5.32 Å². The second kappa shape index (κ2) is 8.29. The highest BCUT2D eigenvalue weighted by Gasteiger charge is 2.14. The molecule has 1 amide bonds. The molecule has 4 aromatic rings. The molecule has 0 saturated heterocycles. The van der Waals surface area contributed by atoms with Gasteiger partial charge in [-0.2, -0.15) is 0 Å². The highest BCUT2D eigenvalue weighted by atomic mass is 19.1. The standard InChI is InChI=1S/C26H19FN2O2/c1-3-25(30)28-20-13-10-18(14-17-8-11-19(27)12-9-17)23(15-20)24-16-29(2)26(31)22-7-5-4-6-21(22)24/h1,4-13,15-16H,14H2,2H3,(H,28,30). The molecule has 0 unspecified atom stereocenters. The average Bonchev–Trinajstić information content (AvgIpc) is 2.78. The van der Waals surface area contributed by atoms with E-state index in [4.69, 9.17) is 6.42 Å². The smallest absolute Gasteiger partial charge is 0.300 e. The van der Waals surface area contributed by atoms with Gasteiger partial charge in [-0.25, -0.2) is 4.39 Å². The van der Waals surface area contributed by atoms with Gasteiger partial charge >= 0.3 is 0 Å². The van der Waals surface area contributed by atoms with Crippen LogP contribution in [0.25, 0.3) is 21.9 Å². The van der Waals surface area contributed by atoms with Crippen LogP contribution < -0.4 is 10.9 Å². The molecule has 31 heavy (non-hydrogen) atoms. The second-order valence-electron chi connectivity index (χ2n) is 7.28. The summed E-state index contributed by atoms with van der Waals surface area (Å²) in [6.45, 7) is 0. The SMILES string of the molecule is C#CC(=O)Nc1ccc(Cc2ccc(F)cc2)c(-c2cn(C)c(=O)c3ccccc23)c1. The number of aryl methyl sites for hydroxylation is 1. The first-order valence-corrected chi connectivity index (χ1v) is 9.70. The van der Waals surface area contributed by atoms with Crippen molar-refractivity contribution in [2.45, 2.75) is 6.42 Å². The predicted molar refractivity (Wildman–Crippen MR) is 121 cm³/mol. The largest absolute Gasteiger partial charge is 0.317 e. The Kier molecular flexibility index (Phi) is 5.38. The fraction of sp³-hybridized carbons (Fsp3) is 0.0769. The van der Waals surface area contributed by atoms with Gasteiger partial charge < -0.3 is 9.88 Å². The quantitative estimate of drug-likeness (QED) is 0.504. The normalized spacial score (nSPS) is 10.6. The summed E-state index contributed by atoms with van der Waals surface area (Å²) in [7, 11) is 1.71. The lowest BCUT2D eigenvalue weighted by atomic mass is 9.92. The van der Waals surface area contributed by atoms with Crippen molar-refractivity contribution >= 4 is 22.4 Å². The number of carbonyl (C=O) groups excluding carboxylic acids is 1. The lowest BCUT2D eigenvalue weighted by molar-refractivity contribution is -0.111. The minimum atomic E-state index is -0.539. The first kappa shape index (κ1) is 20.1. The Balaban J connectivity index is 1.93. The molecular weight excluding hydrogens is 391 g/mol. The Bertz CT molecular complexity index is 1400. The van der Waals surface area contributed by atoms with E-state index >= 15 is 0 Å². The molecule has 0 saturated carbocycles. The van der Waals surface area contributed by atoms with Crippen molar-refractivity contribution in [1.82, 2.24) is 4.57 Å². The van der Waals surface area contributed by atoms with Gasteiger partial charge in [0, 0.05) is 29.9 Å². The maximum Gasteiger partial charge on any atom is 0.300 e. The molecule has 4 nitrogen and oxygen atoms in total. The molecule has 1 N–H and O–H groups in total. The number of nitrogens with zero attached hydrogens (tertiary/aromatic N) is 1. The predicted octanol–water partition coefficient (Wildman–Crippen LogP) is 4.51. The second-order valence-corrected chi connectivity index (χ2v) is 7.28. The van der Waals surface area contributed by atoms with E-state index in [9.17, 15) is 14.0 Å². The third-order valence-electron chi connectivity index (χ3n) is 5.19. The third kappa shape index (κ3) is 4.10. The number of pyridine rings is 1. The van der Waals surface area contributed by atoms with Gasteiger partial charge in [-0.15, -0.1) is 6.42 Å². The van der Waals surface area contributed by atoms with E-state index in [1.165, 1.54) is 12.1 Å². The molecule has 152 valence electrons. The van der Waals surface area contributed by atoms with Crippen LogP contribution in [0.4, 0.5) is 10.1 Å². The van der Waals surface area contributed by atoms with Crippen LogP contribution in [0.15, 0.2) is 77.7 Å². The van der Waals surface area contributed by atoms with Gasteiger partial charge in [0.2, 0.25) is 0 Å². The zero-order valence-corrected chi connectivity index (χ0v) is 16.9. The van der Waals surface area contributed by atoms with Crippen molar-refractivity contribution in [3.63, 3.8) is 0 Å². The summed E-state index contributed by atoms with van der Waals surface area (Å²) < 4.78 is 14.9. The molecular formula is C26H19FN2O2. The van der Waals surface area contributed by atoms with Gasteiger partial charge in [0.1, 0.15) is 5.82 Å². The van der Waals surface area contributed by atoms with E-state index in [0.29, 0.717) is 17.5 Å². The van der Waals surface area contributed by atoms with Crippen molar-refractivity contribution in [2.24, 2.45) is 7.05 Å². The van der Waals surface area contributed by atoms with Crippen LogP contribution in [0, 0.1) is 18.2 Å². The summed E-state index contributed by atoms with van der Waals surface area (Å²) in [6.07, 6.45) is 7.54. The van der Waals surface area contributed by atoms with E-state index in [1.807, 2.05) is 36.3 Å². The summed E-state index contributed by atoms with van der Waals surface area (Å²) >= 11 is 0. The number of anilines is 1. The number of amides is 1. The number of rotatable bonds is 4. The minimum absolute atomic E-state index is 0.0868. The van der Waals surface area contributed by atoms with Crippen LogP contribution in [-0.2, 0) is 18.3 Å². The maximum atomic E-state index is 13.3. The Hall–Kier alpha value is -4.17. The molecule has 0 bridgehead atoms. The number of benzene rings is 3. The number of hydrogen-bond acceptors (Lipinski definition) is 2. The lowest BCUT2D eigenvalue weighted by Crippen LogP contribution is -2.16. The van der Waals surface area contributed by atoms with Gasteiger partial charge in [0.15, 0.2) is 0 Å². The molecule has 1 heterocycles. The van der Waals surface area contributed by atoms with E-state index in [-0.39, 0.29) is 11.4 Å². The fourth-order valence-electron chi connectivity index (χ4n) is 3.68. The number of carbonyl (C=O) groups is 1. The number of hydrogen-bond donors (Lipinski definition) is 1. The van der Waals surface area contributed by atoms with Crippen LogP contribution in [0.5, 0.6) is 0 Å². The molecule has 5 heteroatoms. The monoisotopic (exact) mass is 410 g/mol. The van der Waals surface area contributed by atoms with Crippen LogP contribution in [0.1, 0.15) is 11.1 Å². The van der Waals surface area contributed by atoms with Crippen molar-refractivity contribution in [1.29, 1.82) is 0 Å². The number of nitrogens with one attached hydrogen (secondary N) is 1. The molecule has 0 aliphatic heterocycles. The molecule has 0 aliphatic rings. The highest BCUT2D eigenvalue weighted by molar-refractivity contribution is 6.04. The Morgan fingerprint density at radius 3 is 2.45 bits per heavy atom. The van der Waals surface area contributed by atoms with Crippen LogP contribution in [-0.4, -0.2) is 10.5 Å². The van der Waals surface area contributed by atoms with Gasteiger partial charge in [-0.3, -0.25) is 9.59 Å². The average molecular weight is 410 g/mol. The van der Waals surface area contributed by atoms with Gasteiger partial charge in [-0.1, -0.05) is 36.4 Å². The first-order valence-electron chi connectivity index (χ1n) is 9.70. The molecule has 0 atom stereocenters. The summed E-state index contributed by atoms with van der Waals surface area (Å²) in [5.74, 6) is 1.22. The first-order chi connectivity index (χ1) is 15.0. The summed E-state index contributed by atoms with van der Waals surface area (Å²) in [6, 6.07) is 19.3. The Labute approximate surface area is 179 Å². The summed E-state index contributed by atoms with van der Waals surface area (Å²) in [5, 5.41) is 4.10. The maximum absolute atomic E-state index is 13.3. The van der Waals surface area contributed by atoms with Crippen molar-refractivity contribution < 1.29 is 9.18 Å². The van der Waals surface area contributed by atoms with Crippen molar-refractivity contribution in [3.05, 3.63) is 100 Å². The zero-order valence-electron chi connectivity index (χ0n) is 16.9. The highest BCUT2D eigenvalue weighted by Crippen LogP contribution is 2.33. The Morgan fingerprint density at radius 1 is 1.03 bits per heavy atom. The van der Waals surface area contributed by atoms with Crippen molar-refractivity contribution in [3.8, 4) is 23.5 Å².